The van der Waals surface area contributed by atoms with Crippen molar-refractivity contribution in [2.24, 2.45) is 0 Å². The summed E-state index contributed by atoms with van der Waals surface area (Å²) in [6.07, 6.45) is 5.12. The lowest BCUT2D eigenvalue weighted by Gasteiger charge is -2.27. The first-order chi connectivity index (χ1) is 19.6. The highest BCUT2D eigenvalue weighted by Crippen LogP contribution is 2.36. The number of likely N-dealkylation sites (N-methyl/N-ethyl adjacent to an activating group) is 2. The highest BCUT2D eigenvalue weighted by molar-refractivity contribution is 6.02. The van der Waals surface area contributed by atoms with Crippen LogP contribution in [0.1, 0.15) is 42.6 Å². The van der Waals surface area contributed by atoms with E-state index in [4.69, 9.17) is 9.72 Å². The van der Waals surface area contributed by atoms with Gasteiger partial charge in [0.2, 0.25) is 5.95 Å². The molecule has 0 radical (unpaired) electrons. The van der Waals surface area contributed by atoms with E-state index in [2.05, 4.69) is 27.2 Å². The number of para-hydroxylation sites is 1. The van der Waals surface area contributed by atoms with E-state index in [1.807, 2.05) is 49.2 Å². The molecule has 1 atom stereocenters. The standard InChI is InChI=1S/C30H35N7O4/c1-18(2)41-29(38)23-16-32-30(34-28(23)22-15-31-24-11-7-6-10-21(22)24)33-25-14-27(37(39)40)26(13-19(25)3)36(5)17-20-9-8-12-35(20)4/h6-7,10-11,13-16,18,20,31H,8-9,12,17H2,1-5H3,(H,32,33,34)/t20-/m1/s1. The van der Waals surface area contributed by atoms with E-state index in [-0.39, 0.29) is 28.2 Å². The number of nitro benzene ring substituents is 1. The Balaban J connectivity index is 1.51. The van der Waals surface area contributed by atoms with Gasteiger partial charge in [0.25, 0.3) is 5.69 Å². The van der Waals surface area contributed by atoms with Gasteiger partial charge >= 0.3 is 5.97 Å². The molecule has 2 aromatic carbocycles. The summed E-state index contributed by atoms with van der Waals surface area (Å²) >= 11 is 0. The molecule has 1 fully saturated rings. The Hall–Kier alpha value is -4.51. The molecule has 214 valence electrons. The second-order valence-corrected chi connectivity index (χ2v) is 10.9. The number of fused-ring (bicyclic) bond motifs is 1. The molecular weight excluding hydrogens is 522 g/mol. The van der Waals surface area contributed by atoms with Crippen molar-refractivity contribution >= 4 is 39.9 Å². The first kappa shape index (κ1) is 28.0. The maximum Gasteiger partial charge on any atom is 0.342 e. The number of nitrogens with zero attached hydrogens (tertiary/aromatic N) is 5. The van der Waals surface area contributed by atoms with Crippen LogP contribution in [0.5, 0.6) is 0 Å². The van der Waals surface area contributed by atoms with Gasteiger partial charge in [0.1, 0.15) is 11.3 Å². The number of benzene rings is 2. The van der Waals surface area contributed by atoms with Crippen LogP contribution in [0.25, 0.3) is 22.2 Å². The fourth-order valence-electron chi connectivity index (χ4n) is 5.35. The molecule has 11 nitrogen and oxygen atoms in total. The van der Waals surface area contributed by atoms with Crippen LogP contribution < -0.4 is 10.2 Å². The van der Waals surface area contributed by atoms with E-state index in [1.165, 1.54) is 12.3 Å². The summed E-state index contributed by atoms with van der Waals surface area (Å²) < 4.78 is 5.46. The van der Waals surface area contributed by atoms with Gasteiger partial charge in [-0.2, -0.15) is 0 Å². The third-order valence-corrected chi connectivity index (χ3v) is 7.53. The Morgan fingerprint density at radius 3 is 2.80 bits per heavy atom. The molecule has 1 aliphatic rings. The molecule has 2 N–H and O–H groups in total. The molecule has 41 heavy (non-hydrogen) atoms. The van der Waals surface area contributed by atoms with Crippen molar-refractivity contribution in [1.29, 1.82) is 0 Å². The van der Waals surface area contributed by atoms with Crippen molar-refractivity contribution in [3.8, 4) is 11.3 Å². The lowest BCUT2D eigenvalue weighted by atomic mass is 10.1. The molecule has 1 aliphatic heterocycles. The largest absolute Gasteiger partial charge is 0.459 e. The fraction of sp³-hybridized carbons (Fsp3) is 0.367. The zero-order valence-electron chi connectivity index (χ0n) is 24.0. The average molecular weight is 558 g/mol. The summed E-state index contributed by atoms with van der Waals surface area (Å²) in [4.78, 5) is 41.3. The molecule has 2 aromatic heterocycles. The van der Waals surface area contributed by atoms with Crippen molar-refractivity contribution in [3.05, 3.63) is 70.0 Å². The van der Waals surface area contributed by atoms with Crippen molar-refractivity contribution in [2.45, 2.75) is 45.8 Å². The molecule has 0 amide bonds. The quantitative estimate of drug-likeness (QED) is 0.152. The molecule has 0 unspecified atom stereocenters. The molecule has 0 bridgehead atoms. The van der Waals surface area contributed by atoms with Crippen LogP contribution >= 0.6 is 0 Å². The van der Waals surface area contributed by atoms with Crippen LogP contribution in [0.3, 0.4) is 0 Å². The highest BCUT2D eigenvalue weighted by atomic mass is 16.6. The molecule has 0 aliphatic carbocycles. The first-order valence-corrected chi connectivity index (χ1v) is 13.7. The molecule has 1 saturated heterocycles. The number of nitro groups is 1. The average Bonchev–Trinajstić information content (AvgIpc) is 3.54. The van der Waals surface area contributed by atoms with Crippen LogP contribution in [0.15, 0.2) is 48.8 Å². The number of aryl methyl sites for hydroxylation is 1. The number of H-pyrrole nitrogens is 1. The number of esters is 1. The molecule has 5 rings (SSSR count). The van der Waals surface area contributed by atoms with E-state index in [0.717, 1.165) is 41.4 Å². The van der Waals surface area contributed by atoms with E-state index in [9.17, 15) is 14.9 Å². The molecular formula is C30H35N7O4. The summed E-state index contributed by atoms with van der Waals surface area (Å²) in [5.41, 5.74) is 4.11. The maximum absolute atomic E-state index is 13.0. The summed E-state index contributed by atoms with van der Waals surface area (Å²) in [5.74, 6) is -0.323. The number of anilines is 3. The number of nitrogens with one attached hydrogen (secondary N) is 2. The number of carbonyl (C=O) groups excluding carboxylic acids is 1. The number of carbonyl (C=O) groups is 1. The minimum atomic E-state index is -0.529. The van der Waals surface area contributed by atoms with Gasteiger partial charge < -0.3 is 24.8 Å². The summed E-state index contributed by atoms with van der Waals surface area (Å²) in [6.45, 7) is 7.19. The topological polar surface area (TPSA) is 130 Å². The van der Waals surface area contributed by atoms with Crippen molar-refractivity contribution in [1.82, 2.24) is 19.9 Å². The molecule has 3 heterocycles. The third-order valence-electron chi connectivity index (χ3n) is 7.53. The summed E-state index contributed by atoms with van der Waals surface area (Å²) in [5, 5.41) is 16.2. The van der Waals surface area contributed by atoms with Crippen molar-refractivity contribution in [3.63, 3.8) is 0 Å². The Morgan fingerprint density at radius 1 is 1.32 bits per heavy atom. The number of hydrogen-bond acceptors (Lipinski definition) is 9. The van der Waals surface area contributed by atoms with Crippen LogP contribution in [-0.4, -0.2) is 70.1 Å². The van der Waals surface area contributed by atoms with Crippen LogP contribution in [0.2, 0.25) is 0 Å². The van der Waals surface area contributed by atoms with E-state index >= 15 is 0 Å². The van der Waals surface area contributed by atoms with E-state index in [1.54, 1.807) is 20.0 Å². The second-order valence-electron chi connectivity index (χ2n) is 10.9. The third kappa shape index (κ3) is 5.85. The van der Waals surface area contributed by atoms with Gasteiger partial charge in [0.15, 0.2) is 0 Å². The van der Waals surface area contributed by atoms with Gasteiger partial charge in [-0.3, -0.25) is 10.1 Å². The van der Waals surface area contributed by atoms with Gasteiger partial charge in [-0.05, 0) is 64.9 Å². The van der Waals surface area contributed by atoms with Crippen LogP contribution in [0, 0.1) is 17.0 Å². The summed E-state index contributed by atoms with van der Waals surface area (Å²) in [6, 6.07) is 11.4. The zero-order chi connectivity index (χ0) is 29.3. The second kappa shape index (κ2) is 11.5. The number of ether oxygens (including phenoxy) is 1. The van der Waals surface area contributed by atoms with E-state index < -0.39 is 5.97 Å². The monoisotopic (exact) mass is 557 g/mol. The van der Waals surface area contributed by atoms with Gasteiger partial charge in [-0.15, -0.1) is 0 Å². The number of aromatic amines is 1. The Labute approximate surface area is 238 Å². The van der Waals surface area contributed by atoms with Gasteiger partial charge in [-0.1, -0.05) is 18.2 Å². The minimum absolute atomic E-state index is 0.00441. The Kier molecular flexibility index (Phi) is 7.89. The fourth-order valence-corrected chi connectivity index (χ4v) is 5.35. The highest BCUT2D eigenvalue weighted by Gasteiger charge is 2.27. The SMILES string of the molecule is Cc1cc(N(C)C[C@H]2CCCN2C)c([N+](=O)[O-])cc1Nc1ncc(C(=O)OC(C)C)c(-c2c[nH]c3ccccc23)n1. The molecule has 0 spiro atoms. The van der Waals surface area contributed by atoms with Crippen molar-refractivity contribution < 1.29 is 14.5 Å². The number of aromatic nitrogens is 3. The first-order valence-electron chi connectivity index (χ1n) is 13.7. The number of hydrogen-bond donors (Lipinski definition) is 2. The van der Waals surface area contributed by atoms with Crippen LogP contribution in [-0.2, 0) is 4.74 Å². The molecule has 11 heteroatoms. The Bertz CT molecular complexity index is 1600. The van der Waals surface area contributed by atoms with E-state index in [0.29, 0.717) is 29.7 Å². The smallest absolute Gasteiger partial charge is 0.342 e. The Morgan fingerprint density at radius 2 is 2.10 bits per heavy atom. The van der Waals surface area contributed by atoms with Gasteiger partial charge in [-0.25, -0.2) is 14.8 Å². The molecule has 4 aromatic rings. The lowest BCUT2D eigenvalue weighted by molar-refractivity contribution is -0.384. The van der Waals surface area contributed by atoms with Gasteiger partial charge in [0.05, 0.1) is 22.4 Å². The van der Waals surface area contributed by atoms with Crippen LogP contribution in [0.4, 0.5) is 23.0 Å². The van der Waals surface area contributed by atoms with Gasteiger partial charge in [0, 0.05) is 54.6 Å². The minimum Gasteiger partial charge on any atom is -0.459 e. The van der Waals surface area contributed by atoms with Crippen molar-refractivity contribution in [2.75, 3.05) is 37.4 Å². The number of likely N-dealkylation sites (tertiary alicyclic amines) is 1. The summed E-state index contributed by atoms with van der Waals surface area (Å²) in [7, 11) is 3.99. The maximum atomic E-state index is 13.0. The number of rotatable bonds is 9. The molecule has 0 saturated carbocycles. The zero-order valence-corrected chi connectivity index (χ0v) is 24.0. The normalized spacial score (nSPS) is 15.4. The lowest BCUT2D eigenvalue weighted by Crippen LogP contribution is -2.36. The predicted octanol–water partition coefficient (Wildman–Crippen LogP) is 5.68. The predicted molar refractivity (Wildman–Crippen MR) is 160 cm³/mol.